The first-order chi connectivity index (χ1) is 8.70. The van der Waals surface area contributed by atoms with E-state index in [0.717, 1.165) is 24.9 Å². The molecule has 0 bridgehead atoms. The lowest BCUT2D eigenvalue weighted by atomic mass is 9.75. The van der Waals surface area contributed by atoms with E-state index >= 15 is 0 Å². The molecule has 2 N–H and O–H groups in total. The summed E-state index contributed by atoms with van der Waals surface area (Å²) in [6, 6.07) is 0. The molecule has 1 fully saturated rings. The predicted octanol–water partition coefficient (Wildman–Crippen LogP) is 0.770. The molecule has 1 aromatic rings. The van der Waals surface area contributed by atoms with Crippen molar-refractivity contribution >= 4 is 5.78 Å². The summed E-state index contributed by atoms with van der Waals surface area (Å²) < 4.78 is 7.16. The van der Waals surface area contributed by atoms with Crippen molar-refractivity contribution in [3.05, 3.63) is 18.0 Å². The molecule has 5 heteroatoms. The Balaban J connectivity index is 2.05. The minimum Gasteiger partial charge on any atom is -0.381 e. The topological polar surface area (TPSA) is 70.1 Å². The summed E-state index contributed by atoms with van der Waals surface area (Å²) in [5.74, 6) is 0.226. The van der Waals surface area contributed by atoms with Gasteiger partial charge in [0.25, 0.3) is 0 Å². The van der Waals surface area contributed by atoms with Gasteiger partial charge in [0.15, 0.2) is 0 Å². The van der Waals surface area contributed by atoms with Crippen molar-refractivity contribution in [2.75, 3.05) is 19.8 Å². The first-order valence-corrected chi connectivity index (χ1v) is 6.52. The Labute approximate surface area is 107 Å². The molecule has 1 aromatic heterocycles. The van der Waals surface area contributed by atoms with Crippen molar-refractivity contribution < 1.29 is 9.53 Å². The van der Waals surface area contributed by atoms with E-state index in [1.165, 1.54) is 0 Å². The molecule has 1 saturated heterocycles. The molecule has 100 valence electrons. The van der Waals surface area contributed by atoms with Crippen LogP contribution in [0.25, 0.3) is 0 Å². The highest BCUT2D eigenvalue weighted by molar-refractivity contribution is 5.87. The quantitative estimate of drug-likeness (QED) is 0.839. The summed E-state index contributed by atoms with van der Waals surface area (Å²) in [4.78, 5) is 12.4. The summed E-state index contributed by atoms with van der Waals surface area (Å²) in [6.45, 7) is 4.54. The number of hydrogen-bond acceptors (Lipinski definition) is 4. The molecule has 1 aliphatic rings. The molecule has 0 aromatic carbocycles. The van der Waals surface area contributed by atoms with Crippen LogP contribution in [-0.2, 0) is 22.5 Å². The second kappa shape index (κ2) is 5.63. The number of hydrogen-bond donors (Lipinski definition) is 1. The Morgan fingerprint density at radius 2 is 2.28 bits per heavy atom. The van der Waals surface area contributed by atoms with Gasteiger partial charge in [0.1, 0.15) is 5.78 Å². The van der Waals surface area contributed by atoms with Crippen LogP contribution in [0.3, 0.4) is 0 Å². The number of nitrogens with zero attached hydrogens (tertiary/aromatic N) is 2. The summed E-state index contributed by atoms with van der Waals surface area (Å²) in [7, 11) is 0. The summed E-state index contributed by atoms with van der Waals surface area (Å²) >= 11 is 0. The maximum Gasteiger partial charge on any atom is 0.144 e. The molecule has 1 aliphatic heterocycles. The normalized spacial score (nSPS) is 18.8. The Morgan fingerprint density at radius 3 is 2.83 bits per heavy atom. The minimum absolute atomic E-state index is 0.226. The van der Waals surface area contributed by atoms with E-state index in [9.17, 15) is 4.79 Å². The molecule has 0 radical (unpaired) electrons. The fraction of sp³-hybridized carbons (Fsp3) is 0.692. The highest BCUT2D eigenvalue weighted by Crippen LogP contribution is 2.31. The van der Waals surface area contributed by atoms with Crippen molar-refractivity contribution in [3.63, 3.8) is 0 Å². The van der Waals surface area contributed by atoms with Crippen LogP contribution in [0.2, 0.25) is 0 Å². The largest absolute Gasteiger partial charge is 0.381 e. The molecule has 2 heterocycles. The third kappa shape index (κ3) is 2.62. The molecule has 0 saturated carbocycles. The number of aryl methyl sites for hydroxylation is 1. The van der Waals surface area contributed by atoms with E-state index in [0.29, 0.717) is 26.2 Å². The van der Waals surface area contributed by atoms with Gasteiger partial charge in [-0.3, -0.25) is 9.48 Å². The van der Waals surface area contributed by atoms with Gasteiger partial charge in [0.2, 0.25) is 0 Å². The van der Waals surface area contributed by atoms with E-state index in [1.54, 1.807) is 6.20 Å². The van der Waals surface area contributed by atoms with Gasteiger partial charge in [-0.25, -0.2) is 0 Å². The summed E-state index contributed by atoms with van der Waals surface area (Å²) in [6.07, 6.45) is 5.61. The Hall–Kier alpha value is -1.20. The summed E-state index contributed by atoms with van der Waals surface area (Å²) in [5.41, 5.74) is 6.42. The number of Topliss-reactive ketones (excluding diaryl/α,β-unsaturated/α-hetero) is 1. The van der Waals surface area contributed by atoms with E-state index in [2.05, 4.69) is 5.10 Å². The molecule has 18 heavy (non-hydrogen) atoms. The number of rotatable bonds is 5. The molecular weight excluding hydrogens is 230 g/mol. The molecular formula is C13H21N3O2. The van der Waals surface area contributed by atoms with Crippen LogP contribution in [0.4, 0.5) is 0 Å². The molecule has 0 atom stereocenters. The molecule has 0 aliphatic carbocycles. The fourth-order valence-corrected chi connectivity index (χ4v) is 2.40. The lowest BCUT2D eigenvalue weighted by Crippen LogP contribution is -2.44. The van der Waals surface area contributed by atoms with Crippen molar-refractivity contribution in [2.45, 2.75) is 32.7 Å². The number of nitrogens with two attached hydrogens (primary N) is 1. The van der Waals surface area contributed by atoms with Crippen LogP contribution in [-0.4, -0.2) is 35.3 Å². The molecule has 0 unspecified atom stereocenters. The Bertz CT molecular complexity index is 408. The van der Waals surface area contributed by atoms with Crippen LogP contribution in [0.5, 0.6) is 0 Å². The van der Waals surface area contributed by atoms with Gasteiger partial charge in [-0.1, -0.05) is 0 Å². The predicted molar refractivity (Wildman–Crippen MR) is 68.2 cm³/mol. The standard InChI is InChI=1S/C13H21N3O2/c1-2-16-9-11(8-15-16)7-12(17)13(10-14)3-5-18-6-4-13/h8-9H,2-7,10,14H2,1H3. The van der Waals surface area contributed by atoms with E-state index in [-0.39, 0.29) is 11.2 Å². The number of aromatic nitrogens is 2. The van der Waals surface area contributed by atoms with Gasteiger partial charge >= 0.3 is 0 Å². The number of carbonyl (C=O) groups is 1. The van der Waals surface area contributed by atoms with Gasteiger partial charge in [0.05, 0.1) is 6.20 Å². The molecule has 0 amide bonds. The third-order valence-corrected chi connectivity index (χ3v) is 3.81. The zero-order valence-electron chi connectivity index (χ0n) is 10.9. The monoisotopic (exact) mass is 251 g/mol. The Kier molecular flexibility index (Phi) is 4.14. The zero-order chi connectivity index (χ0) is 13.0. The molecule has 0 spiro atoms. The van der Waals surface area contributed by atoms with Crippen molar-refractivity contribution in [2.24, 2.45) is 11.1 Å². The van der Waals surface area contributed by atoms with Crippen LogP contribution in [0, 0.1) is 5.41 Å². The van der Waals surface area contributed by atoms with Gasteiger partial charge in [-0.15, -0.1) is 0 Å². The number of ketones is 1. The maximum absolute atomic E-state index is 12.4. The van der Waals surface area contributed by atoms with Gasteiger partial charge in [-0.05, 0) is 25.3 Å². The fourth-order valence-electron chi connectivity index (χ4n) is 2.40. The van der Waals surface area contributed by atoms with Crippen molar-refractivity contribution in [1.82, 2.24) is 9.78 Å². The maximum atomic E-state index is 12.4. The average molecular weight is 251 g/mol. The van der Waals surface area contributed by atoms with Crippen molar-refractivity contribution in [3.8, 4) is 0 Å². The van der Waals surface area contributed by atoms with Crippen LogP contribution in [0.15, 0.2) is 12.4 Å². The highest BCUT2D eigenvalue weighted by atomic mass is 16.5. The SMILES string of the molecule is CCn1cc(CC(=O)C2(CN)CCOCC2)cn1. The summed E-state index contributed by atoms with van der Waals surface area (Å²) in [5, 5.41) is 4.19. The number of ether oxygens (including phenoxy) is 1. The smallest absolute Gasteiger partial charge is 0.144 e. The number of carbonyl (C=O) groups excluding carboxylic acids is 1. The van der Waals surface area contributed by atoms with E-state index < -0.39 is 0 Å². The molecule has 5 nitrogen and oxygen atoms in total. The first kappa shape index (κ1) is 13.2. The first-order valence-electron chi connectivity index (χ1n) is 6.52. The van der Waals surface area contributed by atoms with E-state index in [1.807, 2.05) is 17.8 Å². The van der Waals surface area contributed by atoms with Gasteiger partial charge in [-0.2, -0.15) is 5.10 Å². The van der Waals surface area contributed by atoms with Gasteiger partial charge in [0, 0.05) is 44.3 Å². The highest BCUT2D eigenvalue weighted by Gasteiger charge is 2.38. The Morgan fingerprint density at radius 1 is 1.56 bits per heavy atom. The zero-order valence-corrected chi connectivity index (χ0v) is 10.9. The van der Waals surface area contributed by atoms with Crippen LogP contribution in [0.1, 0.15) is 25.3 Å². The van der Waals surface area contributed by atoms with E-state index in [4.69, 9.17) is 10.5 Å². The third-order valence-electron chi connectivity index (χ3n) is 3.81. The second-order valence-electron chi connectivity index (χ2n) is 4.90. The minimum atomic E-state index is -0.382. The lowest BCUT2D eigenvalue weighted by molar-refractivity contribution is -0.132. The van der Waals surface area contributed by atoms with Crippen LogP contribution < -0.4 is 5.73 Å². The van der Waals surface area contributed by atoms with Gasteiger partial charge < -0.3 is 10.5 Å². The van der Waals surface area contributed by atoms with Crippen molar-refractivity contribution in [1.29, 1.82) is 0 Å². The lowest BCUT2D eigenvalue weighted by Gasteiger charge is -2.34. The average Bonchev–Trinajstić information content (AvgIpc) is 2.87. The second-order valence-corrected chi connectivity index (χ2v) is 4.90. The van der Waals surface area contributed by atoms with Crippen LogP contribution >= 0.6 is 0 Å². The molecule has 2 rings (SSSR count).